The van der Waals surface area contributed by atoms with Crippen molar-refractivity contribution in [3.8, 4) is 5.75 Å². The van der Waals surface area contributed by atoms with Crippen LogP contribution in [0.2, 0.25) is 5.02 Å². The van der Waals surface area contributed by atoms with Gasteiger partial charge in [0.05, 0.1) is 11.6 Å². The second kappa shape index (κ2) is 8.53. The van der Waals surface area contributed by atoms with E-state index >= 15 is 0 Å². The highest BCUT2D eigenvalue weighted by Gasteiger charge is 2.36. The number of rotatable bonds is 2. The van der Waals surface area contributed by atoms with E-state index in [1.54, 1.807) is 0 Å². The average Bonchev–Trinajstić information content (AvgIpc) is 2.81. The average molecular weight is 387 g/mol. The van der Waals surface area contributed by atoms with Crippen LogP contribution in [0.15, 0.2) is 30.3 Å². The van der Waals surface area contributed by atoms with Crippen LogP contribution in [0.3, 0.4) is 0 Å². The van der Waals surface area contributed by atoms with Gasteiger partial charge in [0.1, 0.15) is 5.75 Å². The van der Waals surface area contributed by atoms with E-state index in [0.29, 0.717) is 18.6 Å². The van der Waals surface area contributed by atoms with Gasteiger partial charge in [0.2, 0.25) is 0 Å². The quantitative estimate of drug-likeness (QED) is 0.713. The van der Waals surface area contributed by atoms with E-state index in [1.165, 1.54) is 22.3 Å². The van der Waals surface area contributed by atoms with Crippen molar-refractivity contribution >= 4 is 17.3 Å². The van der Waals surface area contributed by atoms with E-state index in [1.807, 2.05) is 26.8 Å². The summed E-state index contributed by atoms with van der Waals surface area (Å²) >= 11 is 6.47. The number of hydrogen-bond acceptors (Lipinski definition) is 3. The molecule has 0 radical (unpaired) electrons. The predicted octanol–water partition coefficient (Wildman–Crippen LogP) is 5.28. The molecule has 0 amide bonds. The third-order valence-electron chi connectivity index (χ3n) is 5.72. The van der Waals surface area contributed by atoms with Gasteiger partial charge in [-0.3, -0.25) is 0 Å². The Morgan fingerprint density at radius 3 is 2.59 bits per heavy atom. The monoisotopic (exact) mass is 386 g/mol. The molecule has 27 heavy (non-hydrogen) atoms. The molecular weight excluding hydrogens is 356 g/mol. The van der Waals surface area contributed by atoms with Crippen LogP contribution in [-0.2, 0) is 12.8 Å². The molecule has 1 unspecified atom stereocenters. The number of benzene rings is 2. The second-order valence-electron chi connectivity index (χ2n) is 7.19. The number of aryl methyl sites for hydroxylation is 1. The summed E-state index contributed by atoms with van der Waals surface area (Å²) in [6.07, 6.45) is 3.27. The van der Waals surface area contributed by atoms with Gasteiger partial charge in [-0.1, -0.05) is 31.5 Å². The zero-order valence-electron chi connectivity index (χ0n) is 16.9. The SMILES string of the molecule is CC.CCOc1cc2c(cc1Cl)CCN(C)[C@H]1CCc3cc(N)ccc3C21. The van der Waals surface area contributed by atoms with Crippen molar-refractivity contribution in [2.24, 2.45) is 0 Å². The molecule has 4 heteroatoms. The van der Waals surface area contributed by atoms with Crippen molar-refractivity contribution in [1.29, 1.82) is 0 Å². The number of nitrogens with two attached hydrogens (primary N) is 1. The first-order chi connectivity index (χ1) is 13.1. The normalized spacial score (nSPS) is 21.1. The third kappa shape index (κ3) is 3.81. The van der Waals surface area contributed by atoms with Crippen molar-refractivity contribution in [3.05, 3.63) is 57.6 Å². The first-order valence-electron chi connectivity index (χ1n) is 10.1. The molecule has 0 spiro atoms. The molecule has 2 aliphatic rings. The van der Waals surface area contributed by atoms with Crippen molar-refractivity contribution in [1.82, 2.24) is 4.90 Å². The molecule has 0 aromatic heterocycles. The van der Waals surface area contributed by atoms with Gasteiger partial charge in [0.25, 0.3) is 0 Å². The fraction of sp³-hybridized carbons (Fsp3) is 0.478. The van der Waals surface area contributed by atoms with E-state index in [9.17, 15) is 0 Å². The molecule has 0 bridgehead atoms. The van der Waals surface area contributed by atoms with Crippen molar-refractivity contribution in [2.45, 2.75) is 52.0 Å². The van der Waals surface area contributed by atoms with Gasteiger partial charge in [-0.2, -0.15) is 0 Å². The Labute approximate surface area is 168 Å². The zero-order valence-corrected chi connectivity index (χ0v) is 17.6. The highest BCUT2D eigenvalue weighted by atomic mass is 35.5. The number of nitrogens with zero attached hydrogens (tertiary/aromatic N) is 1. The number of nitrogen functional groups attached to an aromatic ring is 1. The molecule has 0 saturated heterocycles. The Morgan fingerprint density at radius 1 is 1.11 bits per heavy atom. The summed E-state index contributed by atoms with van der Waals surface area (Å²) in [5.74, 6) is 1.15. The maximum atomic E-state index is 6.47. The fourth-order valence-corrected chi connectivity index (χ4v) is 4.76. The van der Waals surface area contributed by atoms with Crippen molar-refractivity contribution in [2.75, 3.05) is 25.9 Å². The smallest absolute Gasteiger partial charge is 0.138 e. The van der Waals surface area contributed by atoms with Gasteiger partial charge in [0.15, 0.2) is 0 Å². The summed E-state index contributed by atoms with van der Waals surface area (Å²) < 4.78 is 5.79. The lowest BCUT2D eigenvalue weighted by Gasteiger charge is -2.38. The summed E-state index contributed by atoms with van der Waals surface area (Å²) in [4.78, 5) is 2.51. The summed E-state index contributed by atoms with van der Waals surface area (Å²) in [7, 11) is 2.25. The molecule has 1 aliphatic heterocycles. The molecule has 3 nitrogen and oxygen atoms in total. The Kier molecular flexibility index (Phi) is 6.33. The number of fused-ring (bicyclic) bond motifs is 5. The van der Waals surface area contributed by atoms with Crippen LogP contribution < -0.4 is 10.5 Å². The summed E-state index contributed by atoms with van der Waals surface area (Å²) in [6.45, 7) is 7.68. The Bertz CT molecular complexity index is 805. The third-order valence-corrected chi connectivity index (χ3v) is 6.02. The summed E-state index contributed by atoms with van der Waals surface area (Å²) in [5, 5.41) is 0.718. The number of likely N-dealkylation sites (N-methyl/N-ethyl adjacent to an activating group) is 1. The van der Waals surface area contributed by atoms with Gasteiger partial charge in [-0.25, -0.2) is 0 Å². The molecular formula is C23H31ClN2O. The zero-order chi connectivity index (χ0) is 19.6. The first-order valence-corrected chi connectivity index (χ1v) is 10.5. The van der Waals surface area contributed by atoms with Crippen molar-refractivity contribution < 1.29 is 4.74 Å². The van der Waals surface area contributed by atoms with Crippen LogP contribution in [0.4, 0.5) is 5.69 Å². The highest BCUT2D eigenvalue weighted by molar-refractivity contribution is 6.32. The highest BCUT2D eigenvalue weighted by Crippen LogP contribution is 2.45. The standard InChI is InChI=1S/C21H25ClN2O.C2H6/c1-3-25-20-12-17-14(11-18(20)22)8-9-24(2)19-7-4-13-10-15(23)5-6-16(13)21(17)19;1-2/h5-6,10-12,19,21H,3-4,7-9,23H2,1-2H3;1-2H3/t19-,21?;/m0./s1. The van der Waals surface area contributed by atoms with E-state index in [-0.39, 0.29) is 0 Å². The van der Waals surface area contributed by atoms with Crippen molar-refractivity contribution in [3.63, 3.8) is 0 Å². The molecule has 0 fully saturated rings. The number of anilines is 1. The van der Waals surface area contributed by atoms with E-state index in [2.05, 4.69) is 36.2 Å². The lowest BCUT2D eigenvalue weighted by molar-refractivity contribution is 0.214. The summed E-state index contributed by atoms with van der Waals surface area (Å²) in [5.41, 5.74) is 12.4. The minimum atomic E-state index is 0.350. The van der Waals surface area contributed by atoms with E-state index < -0.39 is 0 Å². The minimum absolute atomic E-state index is 0.350. The number of ether oxygens (including phenoxy) is 1. The first kappa shape index (κ1) is 20.0. The molecule has 4 rings (SSSR count). The van der Waals surface area contributed by atoms with Gasteiger partial charge < -0.3 is 15.4 Å². The maximum Gasteiger partial charge on any atom is 0.138 e. The van der Waals surface area contributed by atoms with Crippen LogP contribution >= 0.6 is 11.6 Å². The van der Waals surface area contributed by atoms with Crippen LogP contribution in [0.25, 0.3) is 0 Å². The van der Waals surface area contributed by atoms with Crippen LogP contribution in [0.1, 0.15) is 55.4 Å². The van der Waals surface area contributed by atoms with E-state index in [4.69, 9.17) is 22.1 Å². The Hall–Kier alpha value is -1.71. The summed E-state index contributed by atoms with van der Waals surface area (Å²) in [6, 6.07) is 11.2. The van der Waals surface area contributed by atoms with Crippen LogP contribution in [-0.4, -0.2) is 31.1 Å². The maximum absolute atomic E-state index is 6.47. The molecule has 2 N–H and O–H groups in total. The molecule has 2 aromatic rings. The lowest BCUT2D eigenvalue weighted by atomic mass is 9.74. The minimum Gasteiger partial charge on any atom is -0.492 e. The van der Waals surface area contributed by atoms with Crippen LogP contribution in [0, 0.1) is 0 Å². The number of hydrogen-bond donors (Lipinski definition) is 1. The molecule has 0 saturated carbocycles. The van der Waals surface area contributed by atoms with Crippen LogP contribution in [0.5, 0.6) is 5.75 Å². The van der Waals surface area contributed by atoms with Gasteiger partial charge in [0, 0.05) is 24.2 Å². The van der Waals surface area contributed by atoms with E-state index in [0.717, 1.165) is 42.3 Å². The second-order valence-corrected chi connectivity index (χ2v) is 7.59. The Balaban J connectivity index is 0.00000102. The molecule has 146 valence electrons. The number of halogens is 1. The van der Waals surface area contributed by atoms with Gasteiger partial charge in [-0.05, 0) is 79.8 Å². The molecule has 1 aliphatic carbocycles. The molecule has 1 heterocycles. The topological polar surface area (TPSA) is 38.5 Å². The lowest BCUT2D eigenvalue weighted by Crippen LogP contribution is -2.39. The van der Waals surface area contributed by atoms with Gasteiger partial charge in [-0.15, -0.1) is 0 Å². The predicted molar refractivity (Wildman–Crippen MR) is 115 cm³/mol. The fourth-order valence-electron chi connectivity index (χ4n) is 4.52. The molecule has 2 atom stereocenters. The molecule has 2 aromatic carbocycles. The van der Waals surface area contributed by atoms with Gasteiger partial charge >= 0.3 is 0 Å². The largest absolute Gasteiger partial charge is 0.492 e. The Morgan fingerprint density at radius 2 is 1.85 bits per heavy atom.